The number of alkyl halides is 3. The van der Waals surface area contributed by atoms with Gasteiger partial charge in [0, 0.05) is 11.3 Å². The Hall–Kier alpha value is -2.87. The second-order valence-corrected chi connectivity index (χ2v) is 8.16. The number of carbonyl (C=O) groups is 1. The number of aryl methyl sites for hydroxylation is 2. The molecule has 0 spiro atoms. The zero-order valence-electron chi connectivity index (χ0n) is 16.6. The standard InChI is InChI=1S/C22H20F3N3OS/c1-13-9-10-17(14(2)11-13)26-20(29)15(3)30-21-27-18(16-7-5-4-6-8-16)12-19(28-21)22(23,24)25/h4-12,15H,1-3H3,(H,26,29)/t15-/m0/s1. The number of hydrogen-bond donors (Lipinski definition) is 1. The first kappa shape index (κ1) is 21.8. The molecule has 0 radical (unpaired) electrons. The van der Waals surface area contributed by atoms with Gasteiger partial charge in [-0.15, -0.1) is 0 Å². The Morgan fingerprint density at radius 1 is 1.03 bits per heavy atom. The van der Waals surface area contributed by atoms with E-state index in [0.717, 1.165) is 29.0 Å². The van der Waals surface area contributed by atoms with Gasteiger partial charge in [0.05, 0.1) is 10.9 Å². The predicted octanol–water partition coefficient (Wildman–Crippen LogP) is 5.90. The fraction of sp³-hybridized carbons (Fsp3) is 0.227. The van der Waals surface area contributed by atoms with Crippen molar-refractivity contribution in [2.75, 3.05) is 5.32 Å². The van der Waals surface area contributed by atoms with Crippen LogP contribution in [-0.2, 0) is 11.0 Å². The third-order valence-electron chi connectivity index (χ3n) is 4.36. The minimum atomic E-state index is -4.62. The van der Waals surface area contributed by atoms with Crippen molar-refractivity contribution in [3.63, 3.8) is 0 Å². The lowest BCUT2D eigenvalue weighted by molar-refractivity contribution is -0.141. The van der Waals surface area contributed by atoms with E-state index in [9.17, 15) is 18.0 Å². The maximum atomic E-state index is 13.3. The number of carbonyl (C=O) groups excluding carboxylic acids is 1. The highest BCUT2D eigenvalue weighted by molar-refractivity contribution is 8.00. The molecular weight excluding hydrogens is 411 g/mol. The van der Waals surface area contributed by atoms with Crippen LogP contribution in [0, 0.1) is 13.8 Å². The molecule has 0 unspecified atom stereocenters. The van der Waals surface area contributed by atoms with E-state index in [1.54, 1.807) is 43.3 Å². The number of hydrogen-bond acceptors (Lipinski definition) is 4. The van der Waals surface area contributed by atoms with Crippen molar-refractivity contribution in [3.8, 4) is 11.3 Å². The van der Waals surface area contributed by atoms with Gasteiger partial charge in [-0.2, -0.15) is 13.2 Å². The molecule has 8 heteroatoms. The number of thioether (sulfide) groups is 1. The molecule has 4 nitrogen and oxygen atoms in total. The summed E-state index contributed by atoms with van der Waals surface area (Å²) >= 11 is 0.885. The highest BCUT2D eigenvalue weighted by Gasteiger charge is 2.34. The molecule has 1 heterocycles. The molecule has 1 aromatic heterocycles. The first-order valence-corrected chi connectivity index (χ1v) is 10.1. The Morgan fingerprint density at radius 3 is 2.37 bits per heavy atom. The molecule has 0 saturated carbocycles. The minimum Gasteiger partial charge on any atom is -0.325 e. The Labute approximate surface area is 177 Å². The molecule has 0 aliphatic carbocycles. The summed E-state index contributed by atoms with van der Waals surface area (Å²) in [6.07, 6.45) is -4.62. The highest BCUT2D eigenvalue weighted by atomic mass is 32.2. The first-order chi connectivity index (χ1) is 14.1. The van der Waals surface area contributed by atoms with Crippen LogP contribution in [0.3, 0.4) is 0 Å². The van der Waals surface area contributed by atoms with Gasteiger partial charge in [-0.25, -0.2) is 9.97 Å². The number of nitrogens with one attached hydrogen (secondary N) is 1. The van der Waals surface area contributed by atoms with E-state index in [4.69, 9.17) is 0 Å². The molecule has 1 N–H and O–H groups in total. The van der Waals surface area contributed by atoms with E-state index in [1.807, 2.05) is 26.0 Å². The van der Waals surface area contributed by atoms with E-state index in [-0.39, 0.29) is 16.8 Å². The average molecular weight is 431 g/mol. The molecule has 0 aliphatic rings. The van der Waals surface area contributed by atoms with Crippen molar-refractivity contribution in [2.45, 2.75) is 37.4 Å². The summed E-state index contributed by atoms with van der Waals surface area (Å²) in [6.45, 7) is 5.43. The molecule has 3 rings (SSSR count). The van der Waals surface area contributed by atoms with Gasteiger partial charge in [0.25, 0.3) is 0 Å². The quantitative estimate of drug-likeness (QED) is 0.404. The molecule has 3 aromatic rings. The fourth-order valence-corrected chi connectivity index (χ4v) is 3.56. The Bertz CT molecular complexity index is 1060. The van der Waals surface area contributed by atoms with Crippen LogP contribution < -0.4 is 5.32 Å². The van der Waals surface area contributed by atoms with Crippen molar-refractivity contribution in [2.24, 2.45) is 0 Å². The third kappa shape index (κ3) is 5.38. The lowest BCUT2D eigenvalue weighted by Gasteiger charge is -2.15. The topological polar surface area (TPSA) is 54.9 Å². The molecule has 2 aromatic carbocycles. The van der Waals surface area contributed by atoms with Crippen LogP contribution in [0.25, 0.3) is 11.3 Å². The Morgan fingerprint density at radius 2 is 1.73 bits per heavy atom. The van der Waals surface area contributed by atoms with Crippen molar-refractivity contribution in [3.05, 3.63) is 71.4 Å². The molecule has 1 atom stereocenters. The van der Waals surface area contributed by atoms with Crippen molar-refractivity contribution < 1.29 is 18.0 Å². The van der Waals surface area contributed by atoms with Crippen LogP contribution in [-0.4, -0.2) is 21.1 Å². The summed E-state index contributed by atoms with van der Waals surface area (Å²) < 4.78 is 40.0. The van der Waals surface area contributed by atoms with Gasteiger partial charge >= 0.3 is 6.18 Å². The summed E-state index contributed by atoms with van der Waals surface area (Å²) in [4.78, 5) is 20.5. The maximum absolute atomic E-state index is 13.3. The zero-order valence-corrected chi connectivity index (χ0v) is 17.4. The Balaban J connectivity index is 1.84. The van der Waals surface area contributed by atoms with Crippen LogP contribution in [0.5, 0.6) is 0 Å². The number of nitrogens with zero attached hydrogens (tertiary/aromatic N) is 2. The number of halogens is 3. The largest absolute Gasteiger partial charge is 0.433 e. The van der Waals surface area contributed by atoms with Gasteiger partial charge in [0.2, 0.25) is 5.91 Å². The predicted molar refractivity (Wildman–Crippen MR) is 112 cm³/mol. The highest BCUT2D eigenvalue weighted by Crippen LogP contribution is 2.33. The summed E-state index contributed by atoms with van der Waals surface area (Å²) in [7, 11) is 0. The number of aromatic nitrogens is 2. The van der Waals surface area contributed by atoms with Crippen LogP contribution in [0.2, 0.25) is 0 Å². The Kier molecular flexibility index (Phi) is 6.45. The molecule has 0 aliphatic heterocycles. The van der Waals surface area contributed by atoms with Gasteiger partial charge in [-0.1, -0.05) is 59.8 Å². The second kappa shape index (κ2) is 8.87. The molecular formula is C22H20F3N3OS. The van der Waals surface area contributed by atoms with E-state index in [0.29, 0.717) is 11.3 Å². The molecule has 0 fully saturated rings. The number of amides is 1. The van der Waals surface area contributed by atoms with Gasteiger partial charge in [0.15, 0.2) is 5.16 Å². The van der Waals surface area contributed by atoms with Gasteiger partial charge in [-0.05, 0) is 38.5 Å². The van der Waals surface area contributed by atoms with E-state index < -0.39 is 17.1 Å². The normalized spacial score (nSPS) is 12.5. The summed E-state index contributed by atoms with van der Waals surface area (Å²) in [6, 6.07) is 15.1. The lowest BCUT2D eigenvalue weighted by atomic mass is 10.1. The smallest absolute Gasteiger partial charge is 0.325 e. The van der Waals surface area contributed by atoms with Crippen molar-refractivity contribution in [1.82, 2.24) is 9.97 Å². The van der Waals surface area contributed by atoms with Crippen LogP contribution in [0.4, 0.5) is 18.9 Å². The summed E-state index contributed by atoms with van der Waals surface area (Å²) in [5.41, 5.74) is 2.29. The molecule has 1 amide bonds. The zero-order chi connectivity index (χ0) is 21.9. The molecule has 0 saturated heterocycles. The summed E-state index contributed by atoms with van der Waals surface area (Å²) in [5, 5.41) is 2.01. The van der Waals surface area contributed by atoms with Crippen molar-refractivity contribution >= 4 is 23.4 Å². The first-order valence-electron chi connectivity index (χ1n) is 9.20. The second-order valence-electron chi connectivity index (χ2n) is 6.85. The monoisotopic (exact) mass is 431 g/mol. The van der Waals surface area contributed by atoms with E-state index in [1.165, 1.54) is 0 Å². The molecule has 30 heavy (non-hydrogen) atoms. The number of anilines is 1. The minimum absolute atomic E-state index is 0.105. The lowest BCUT2D eigenvalue weighted by Crippen LogP contribution is -2.23. The SMILES string of the molecule is Cc1ccc(NC(=O)[C@H](C)Sc2nc(-c3ccccc3)cc(C(F)(F)F)n2)c(C)c1. The van der Waals surface area contributed by atoms with Gasteiger partial charge < -0.3 is 5.32 Å². The van der Waals surface area contributed by atoms with Gasteiger partial charge in [-0.3, -0.25) is 4.79 Å². The van der Waals surface area contributed by atoms with Crippen LogP contribution in [0.15, 0.2) is 59.8 Å². The average Bonchev–Trinajstić information content (AvgIpc) is 2.69. The van der Waals surface area contributed by atoms with Crippen molar-refractivity contribution in [1.29, 1.82) is 0 Å². The van der Waals surface area contributed by atoms with Crippen LogP contribution in [0.1, 0.15) is 23.7 Å². The van der Waals surface area contributed by atoms with Gasteiger partial charge in [0.1, 0.15) is 5.69 Å². The number of rotatable bonds is 5. The summed E-state index contributed by atoms with van der Waals surface area (Å²) in [5.74, 6) is -0.339. The fourth-order valence-electron chi connectivity index (χ4n) is 2.78. The molecule has 0 bridgehead atoms. The third-order valence-corrected chi connectivity index (χ3v) is 5.32. The molecule has 156 valence electrons. The van der Waals surface area contributed by atoms with E-state index in [2.05, 4.69) is 15.3 Å². The number of benzene rings is 2. The van der Waals surface area contributed by atoms with E-state index >= 15 is 0 Å². The van der Waals surface area contributed by atoms with Crippen LogP contribution >= 0.6 is 11.8 Å². The maximum Gasteiger partial charge on any atom is 0.433 e.